The summed E-state index contributed by atoms with van der Waals surface area (Å²) in [5.41, 5.74) is 24.1. The second kappa shape index (κ2) is 22.5. The fourth-order valence-electron chi connectivity index (χ4n) is 13.5. The number of hydrogen-bond donors (Lipinski definition) is 0. The van der Waals surface area contributed by atoms with Crippen LogP contribution in [-0.2, 0) is 9.47 Å². The number of hydrogen-bond acceptors (Lipinski definition) is 9. The molecule has 0 saturated heterocycles. The van der Waals surface area contributed by atoms with Gasteiger partial charge in [0.2, 0.25) is 0 Å². The molecule has 0 radical (unpaired) electrons. The van der Waals surface area contributed by atoms with Crippen LogP contribution in [0.25, 0.3) is 166 Å². The van der Waals surface area contributed by atoms with Crippen LogP contribution in [-0.4, -0.2) is 61.6 Å². The molecule has 8 aromatic heterocycles. The normalized spacial score (nSPS) is 12.6. The molecule has 11 heteroatoms. The van der Waals surface area contributed by atoms with Crippen molar-refractivity contribution in [1.82, 2.24) is 29.1 Å². The molecule has 0 aliphatic heterocycles. The van der Waals surface area contributed by atoms with Gasteiger partial charge in [-0.3, -0.25) is 9.97 Å². The maximum Gasteiger partial charge on any atom is 0.153 e. The Morgan fingerprint density at radius 3 is 1.22 bits per heavy atom. The van der Waals surface area contributed by atoms with Crippen molar-refractivity contribution in [3.63, 3.8) is 0 Å². The highest BCUT2D eigenvalue weighted by atomic mass is 16.6. The molecule has 2 atom stereocenters. The number of furan rings is 2. The van der Waals surface area contributed by atoms with Gasteiger partial charge < -0.3 is 32.2 Å². The highest BCUT2D eigenvalue weighted by Gasteiger charge is 2.25. The van der Waals surface area contributed by atoms with Gasteiger partial charge in [-0.25, -0.2) is 9.97 Å². The summed E-state index contributed by atoms with van der Waals surface area (Å²) in [6.45, 7) is 4.84. The first-order valence-electron chi connectivity index (χ1n) is 31.1. The third-order valence-corrected chi connectivity index (χ3v) is 17.6. The number of methoxy groups -OCH3 is 1. The van der Waals surface area contributed by atoms with Crippen molar-refractivity contribution in [3.8, 4) is 84.1 Å². The first kappa shape index (κ1) is 54.6. The summed E-state index contributed by atoms with van der Waals surface area (Å²) in [5, 5.41) is 3.88. The predicted molar refractivity (Wildman–Crippen MR) is 371 cm³/mol. The fraction of sp³-hybridized carbons (Fsp3) is 0.0864. The molecule has 92 heavy (non-hydrogen) atoms. The van der Waals surface area contributed by atoms with Crippen LogP contribution in [0.1, 0.15) is 13.8 Å². The summed E-state index contributed by atoms with van der Waals surface area (Å²) in [7, 11) is 1.68. The number of fused-ring (bicyclic) bond motifs is 12. The minimum atomic E-state index is -0.308. The van der Waals surface area contributed by atoms with Gasteiger partial charge >= 0.3 is 0 Å². The molecule has 0 fully saturated rings. The Morgan fingerprint density at radius 2 is 0.783 bits per heavy atom. The van der Waals surface area contributed by atoms with E-state index in [1.807, 2.05) is 62.6 Å². The summed E-state index contributed by atoms with van der Waals surface area (Å²) in [6.07, 6.45) is 3.42. The number of benzene rings is 9. The summed E-state index contributed by atoms with van der Waals surface area (Å²) in [5.74, 6) is 0.641. The standard InChI is InChI=1S/C81H58N6O5/c1-49(47-88-3)89-48-50(2)90-59-43-55(68-32-36-72-74(84-68)66-45-57(30-34-70(66)91-72)86-78-60(51-18-8-4-9-19-51)26-16-28-64(78)76-80(86)62(38-40-82-76)53-22-12-6-13-23-53)42-56(44-59)69-33-37-73-75(85-69)67-46-58(31-35-71(67)92-73)87-79-61(52-20-10-5-11-21-52)27-17-29-65(79)77-81(87)63(39-41-83-77)54-24-14-7-15-25-54/h4-46,49-50H,47-48H2,1-3H3. The SMILES string of the molecule is COCC(C)OCC(C)Oc1cc(-c2ccc3oc4ccc(-n5c6c(-c7ccccc7)cccc6c6nccc(-c7ccccc7)c65)cc4c3n2)cc(-c2ccc3oc4ccc(-n5c6c(-c7ccccc7)cccc6c6nccc(-c7ccccc7)c65)cc4c3n2)c1. The number of ether oxygens (including phenoxy) is 3. The van der Waals surface area contributed by atoms with Crippen LogP contribution in [0.3, 0.4) is 0 Å². The molecule has 0 aliphatic rings. The zero-order valence-corrected chi connectivity index (χ0v) is 50.6. The Morgan fingerprint density at radius 1 is 0.359 bits per heavy atom. The van der Waals surface area contributed by atoms with Crippen molar-refractivity contribution in [2.75, 3.05) is 20.3 Å². The van der Waals surface area contributed by atoms with E-state index in [0.717, 1.165) is 155 Å². The van der Waals surface area contributed by atoms with Gasteiger partial charge in [0.1, 0.15) is 34.1 Å². The van der Waals surface area contributed by atoms with Crippen LogP contribution in [0, 0.1) is 0 Å². The molecule has 0 N–H and O–H groups in total. The van der Waals surface area contributed by atoms with Crippen molar-refractivity contribution >= 4 is 88.0 Å². The third-order valence-electron chi connectivity index (χ3n) is 17.6. The van der Waals surface area contributed by atoms with Crippen molar-refractivity contribution in [1.29, 1.82) is 0 Å². The van der Waals surface area contributed by atoms with Gasteiger partial charge in [0.15, 0.2) is 11.2 Å². The molecular formula is C81H58N6O5. The van der Waals surface area contributed by atoms with Crippen LogP contribution in [0.15, 0.2) is 270 Å². The second-order valence-electron chi connectivity index (χ2n) is 23.6. The van der Waals surface area contributed by atoms with Gasteiger partial charge in [-0.1, -0.05) is 158 Å². The van der Waals surface area contributed by atoms with Crippen LogP contribution >= 0.6 is 0 Å². The van der Waals surface area contributed by atoms with Crippen molar-refractivity contribution in [2.24, 2.45) is 0 Å². The molecule has 0 aliphatic carbocycles. The lowest BCUT2D eigenvalue weighted by Crippen LogP contribution is -2.24. The molecule has 0 saturated carbocycles. The average Bonchev–Trinajstić information content (AvgIpc) is 1.58. The number of para-hydroxylation sites is 2. The van der Waals surface area contributed by atoms with E-state index in [4.69, 9.17) is 43.0 Å². The Hall–Kier alpha value is -11.5. The number of pyridine rings is 4. The zero-order valence-electron chi connectivity index (χ0n) is 50.6. The maximum atomic E-state index is 6.80. The number of aromatic nitrogens is 6. The quantitative estimate of drug-likeness (QED) is 0.0989. The van der Waals surface area contributed by atoms with Crippen LogP contribution in [0.2, 0.25) is 0 Å². The van der Waals surface area contributed by atoms with Crippen molar-refractivity contribution < 1.29 is 23.0 Å². The molecule has 0 spiro atoms. The molecule has 9 aromatic carbocycles. The summed E-state index contributed by atoms with van der Waals surface area (Å²) in [6, 6.07) is 86.6. The van der Waals surface area contributed by atoms with Crippen LogP contribution in [0.4, 0.5) is 0 Å². The molecule has 17 aromatic rings. The molecular weight excluding hydrogens is 1140 g/mol. The van der Waals surface area contributed by atoms with E-state index in [-0.39, 0.29) is 12.2 Å². The average molecular weight is 1200 g/mol. The molecule has 11 nitrogen and oxygen atoms in total. The molecule has 17 rings (SSSR count). The van der Waals surface area contributed by atoms with E-state index in [9.17, 15) is 0 Å². The van der Waals surface area contributed by atoms with Gasteiger partial charge in [0.05, 0.1) is 63.8 Å². The Balaban J connectivity index is 0.821. The molecule has 0 bridgehead atoms. The summed E-state index contributed by atoms with van der Waals surface area (Å²) in [4.78, 5) is 21.2. The van der Waals surface area contributed by atoms with E-state index in [1.54, 1.807) is 7.11 Å². The number of nitrogens with zero attached hydrogens (tertiary/aromatic N) is 6. The minimum absolute atomic E-state index is 0.109. The van der Waals surface area contributed by atoms with E-state index in [0.29, 0.717) is 30.1 Å². The number of rotatable bonds is 15. The lowest BCUT2D eigenvalue weighted by Gasteiger charge is -2.19. The lowest BCUT2D eigenvalue weighted by molar-refractivity contribution is -0.0210. The highest BCUT2D eigenvalue weighted by molar-refractivity contribution is 6.18. The van der Waals surface area contributed by atoms with Gasteiger partial charge in [-0.15, -0.1) is 0 Å². The van der Waals surface area contributed by atoms with Gasteiger partial charge in [-0.05, 0) is 127 Å². The Bertz CT molecular complexity index is 5150. The summed E-state index contributed by atoms with van der Waals surface area (Å²) >= 11 is 0. The van der Waals surface area contributed by atoms with Crippen LogP contribution in [0.5, 0.6) is 5.75 Å². The zero-order chi connectivity index (χ0) is 61.4. The molecule has 2 unspecified atom stereocenters. The highest BCUT2D eigenvalue weighted by Crippen LogP contribution is 2.45. The first-order chi connectivity index (χ1) is 45.4. The molecule has 0 amide bonds. The Labute approximate surface area is 529 Å². The van der Waals surface area contributed by atoms with E-state index in [2.05, 4.69) is 221 Å². The van der Waals surface area contributed by atoms with E-state index in [1.165, 1.54) is 0 Å². The van der Waals surface area contributed by atoms with Gasteiger partial charge in [-0.2, -0.15) is 0 Å². The maximum absolute atomic E-state index is 6.80. The first-order valence-corrected chi connectivity index (χ1v) is 31.1. The Kier molecular flexibility index (Phi) is 13.4. The third kappa shape index (κ3) is 9.35. The van der Waals surface area contributed by atoms with E-state index < -0.39 is 0 Å². The smallest absolute Gasteiger partial charge is 0.153 e. The molecule has 8 heterocycles. The van der Waals surface area contributed by atoms with Crippen molar-refractivity contribution in [3.05, 3.63) is 261 Å². The second-order valence-corrected chi connectivity index (χ2v) is 23.6. The summed E-state index contributed by atoms with van der Waals surface area (Å²) < 4.78 is 36.4. The topological polar surface area (TPSA) is 115 Å². The fourth-order valence-corrected chi connectivity index (χ4v) is 13.5. The van der Waals surface area contributed by atoms with Gasteiger partial charge in [0.25, 0.3) is 0 Å². The van der Waals surface area contributed by atoms with Crippen molar-refractivity contribution in [2.45, 2.75) is 26.1 Å². The predicted octanol–water partition coefficient (Wildman–Crippen LogP) is 20.1. The van der Waals surface area contributed by atoms with Gasteiger partial charge in [0, 0.05) is 85.8 Å². The molecule has 442 valence electrons. The monoisotopic (exact) mass is 1190 g/mol. The largest absolute Gasteiger partial charge is 0.488 e. The minimum Gasteiger partial charge on any atom is -0.488 e. The van der Waals surface area contributed by atoms with Crippen LogP contribution < -0.4 is 4.74 Å². The lowest BCUT2D eigenvalue weighted by atomic mass is 10.0. The van der Waals surface area contributed by atoms with E-state index >= 15 is 0 Å².